The molecule has 3 nitrogen and oxygen atoms in total. The Morgan fingerprint density at radius 1 is 1.53 bits per heavy atom. The number of nitrogens with zero attached hydrogens (tertiary/aromatic N) is 1. The second kappa shape index (κ2) is 6.20. The van der Waals surface area contributed by atoms with E-state index in [9.17, 15) is 0 Å². The van der Waals surface area contributed by atoms with Gasteiger partial charge in [-0.3, -0.25) is 0 Å². The summed E-state index contributed by atoms with van der Waals surface area (Å²) < 4.78 is 0. The molecule has 0 spiro atoms. The molecule has 1 aromatic heterocycles. The van der Waals surface area contributed by atoms with Gasteiger partial charge in [0.25, 0.3) is 0 Å². The van der Waals surface area contributed by atoms with Crippen LogP contribution >= 0.6 is 11.3 Å². The van der Waals surface area contributed by atoms with Crippen LogP contribution in [0.2, 0.25) is 0 Å². The lowest BCUT2D eigenvalue weighted by molar-refractivity contribution is 0.274. The first-order valence-corrected chi connectivity index (χ1v) is 6.24. The Kier molecular flexibility index (Phi) is 5.22. The van der Waals surface area contributed by atoms with Crippen LogP contribution in [0.15, 0.2) is 6.20 Å². The Bertz CT molecular complexity index is 288. The van der Waals surface area contributed by atoms with Crippen molar-refractivity contribution >= 4 is 11.3 Å². The summed E-state index contributed by atoms with van der Waals surface area (Å²) >= 11 is 1.74. The van der Waals surface area contributed by atoms with Crippen LogP contribution in [0.25, 0.3) is 0 Å². The van der Waals surface area contributed by atoms with E-state index < -0.39 is 0 Å². The van der Waals surface area contributed by atoms with Gasteiger partial charge in [0, 0.05) is 29.8 Å². The van der Waals surface area contributed by atoms with E-state index in [4.69, 9.17) is 5.11 Å². The number of rotatable bonds is 6. The van der Waals surface area contributed by atoms with Gasteiger partial charge < -0.3 is 10.4 Å². The molecule has 0 amide bonds. The number of aromatic nitrogens is 1. The molecule has 0 bridgehead atoms. The number of hydrogen-bond donors (Lipinski definition) is 2. The van der Waals surface area contributed by atoms with Crippen LogP contribution < -0.4 is 5.32 Å². The van der Waals surface area contributed by atoms with E-state index in [0.717, 1.165) is 17.8 Å². The molecular formula is C11H20N2OS. The smallest absolute Gasteiger partial charge is 0.0897 e. The van der Waals surface area contributed by atoms with Gasteiger partial charge in [0.2, 0.25) is 0 Å². The number of aliphatic hydroxyl groups excluding tert-OH is 1. The van der Waals surface area contributed by atoms with Crippen LogP contribution in [0.4, 0.5) is 0 Å². The molecule has 0 fully saturated rings. The molecule has 0 aliphatic rings. The minimum absolute atomic E-state index is 0.278. The summed E-state index contributed by atoms with van der Waals surface area (Å²) in [6.45, 7) is 6.61. The Labute approximate surface area is 95.6 Å². The summed E-state index contributed by atoms with van der Waals surface area (Å²) in [6.07, 6.45) is 3.82. The van der Waals surface area contributed by atoms with E-state index in [-0.39, 0.29) is 6.61 Å². The van der Waals surface area contributed by atoms with Gasteiger partial charge in [-0.25, -0.2) is 4.98 Å². The van der Waals surface area contributed by atoms with E-state index in [0.29, 0.717) is 12.1 Å². The fourth-order valence-electron chi connectivity index (χ4n) is 1.57. The Hall–Kier alpha value is -0.450. The monoisotopic (exact) mass is 228 g/mol. The summed E-state index contributed by atoms with van der Waals surface area (Å²) in [5.41, 5.74) is 0. The molecule has 4 heteroatoms. The number of hydrogen-bond acceptors (Lipinski definition) is 4. The molecule has 86 valence electrons. The number of aryl methyl sites for hydroxylation is 1. The molecule has 1 heterocycles. The van der Waals surface area contributed by atoms with E-state index in [1.807, 2.05) is 13.1 Å². The lowest BCUT2D eigenvalue weighted by Crippen LogP contribution is -2.28. The zero-order chi connectivity index (χ0) is 11.3. The maximum Gasteiger partial charge on any atom is 0.0897 e. The van der Waals surface area contributed by atoms with Crippen molar-refractivity contribution in [2.75, 3.05) is 6.61 Å². The van der Waals surface area contributed by atoms with Gasteiger partial charge in [0.15, 0.2) is 0 Å². The fourth-order valence-corrected chi connectivity index (χ4v) is 2.36. The van der Waals surface area contributed by atoms with Crippen molar-refractivity contribution in [3.05, 3.63) is 16.1 Å². The lowest BCUT2D eigenvalue weighted by Gasteiger charge is -2.18. The quantitative estimate of drug-likeness (QED) is 0.785. The van der Waals surface area contributed by atoms with E-state index >= 15 is 0 Å². The molecule has 0 aliphatic heterocycles. The highest BCUT2D eigenvalue weighted by Gasteiger charge is 2.11. The van der Waals surface area contributed by atoms with Crippen molar-refractivity contribution in [3.8, 4) is 0 Å². The van der Waals surface area contributed by atoms with E-state index in [2.05, 4.69) is 24.1 Å². The average Bonchev–Trinajstić information content (AvgIpc) is 2.61. The van der Waals surface area contributed by atoms with Crippen molar-refractivity contribution in [2.45, 2.75) is 45.7 Å². The van der Waals surface area contributed by atoms with Crippen LogP contribution in [0.1, 0.15) is 42.6 Å². The van der Waals surface area contributed by atoms with Crippen molar-refractivity contribution in [1.29, 1.82) is 0 Å². The third kappa shape index (κ3) is 4.28. The first kappa shape index (κ1) is 12.6. The second-order valence-corrected chi connectivity index (χ2v) is 5.20. The van der Waals surface area contributed by atoms with E-state index in [1.54, 1.807) is 11.3 Å². The molecule has 1 aromatic rings. The Morgan fingerprint density at radius 3 is 2.80 bits per heavy atom. The normalized spacial score (nSPS) is 15.2. The number of thiazole rings is 1. The van der Waals surface area contributed by atoms with Gasteiger partial charge in [0.1, 0.15) is 0 Å². The van der Waals surface area contributed by atoms with Crippen LogP contribution in [0.3, 0.4) is 0 Å². The molecule has 15 heavy (non-hydrogen) atoms. The number of aliphatic hydroxyl groups is 1. The van der Waals surface area contributed by atoms with Crippen LogP contribution in [0, 0.1) is 6.92 Å². The summed E-state index contributed by atoms with van der Waals surface area (Å²) in [6, 6.07) is 0.791. The molecule has 2 N–H and O–H groups in total. The van der Waals surface area contributed by atoms with Gasteiger partial charge in [-0.05, 0) is 33.6 Å². The summed E-state index contributed by atoms with van der Waals surface area (Å²) in [5.74, 6) is 0. The van der Waals surface area contributed by atoms with Gasteiger partial charge in [-0.2, -0.15) is 0 Å². The summed E-state index contributed by atoms with van der Waals surface area (Å²) in [7, 11) is 0. The topological polar surface area (TPSA) is 45.2 Å². The van der Waals surface area contributed by atoms with E-state index in [1.165, 1.54) is 4.88 Å². The standard InChI is InChI=1S/C11H20N2OS/c1-8(5-4-6-14)13-9(2)11-7-12-10(3)15-11/h7-9,13-14H,4-6H2,1-3H3. The van der Waals surface area contributed by atoms with Crippen LogP contribution in [0.5, 0.6) is 0 Å². The highest BCUT2D eigenvalue weighted by molar-refractivity contribution is 7.11. The van der Waals surface area contributed by atoms with Crippen molar-refractivity contribution in [3.63, 3.8) is 0 Å². The highest BCUT2D eigenvalue weighted by Crippen LogP contribution is 2.20. The van der Waals surface area contributed by atoms with Gasteiger partial charge >= 0.3 is 0 Å². The minimum Gasteiger partial charge on any atom is -0.396 e. The number of nitrogens with one attached hydrogen (secondary N) is 1. The minimum atomic E-state index is 0.278. The van der Waals surface area contributed by atoms with Gasteiger partial charge in [-0.1, -0.05) is 0 Å². The summed E-state index contributed by atoms with van der Waals surface area (Å²) in [5, 5.41) is 13.4. The van der Waals surface area contributed by atoms with Gasteiger partial charge in [-0.15, -0.1) is 11.3 Å². The molecule has 0 saturated heterocycles. The largest absolute Gasteiger partial charge is 0.396 e. The Balaban J connectivity index is 2.38. The van der Waals surface area contributed by atoms with Crippen LogP contribution in [-0.2, 0) is 0 Å². The zero-order valence-corrected chi connectivity index (χ0v) is 10.5. The SMILES string of the molecule is Cc1ncc(C(C)NC(C)CCCO)s1. The third-order valence-corrected chi connectivity index (χ3v) is 3.49. The molecule has 0 saturated carbocycles. The zero-order valence-electron chi connectivity index (χ0n) is 9.66. The van der Waals surface area contributed by atoms with Crippen molar-refractivity contribution < 1.29 is 5.11 Å². The predicted octanol–water partition coefficient (Wildman–Crippen LogP) is 2.26. The molecule has 0 radical (unpaired) electrons. The predicted molar refractivity (Wildman–Crippen MR) is 64.2 cm³/mol. The molecule has 0 aromatic carbocycles. The van der Waals surface area contributed by atoms with Crippen molar-refractivity contribution in [1.82, 2.24) is 10.3 Å². The van der Waals surface area contributed by atoms with Crippen molar-refractivity contribution in [2.24, 2.45) is 0 Å². The maximum absolute atomic E-state index is 8.73. The van der Waals surface area contributed by atoms with Crippen LogP contribution in [-0.4, -0.2) is 22.7 Å². The molecule has 2 unspecified atom stereocenters. The highest BCUT2D eigenvalue weighted by atomic mass is 32.1. The third-order valence-electron chi connectivity index (χ3n) is 2.40. The first-order valence-electron chi connectivity index (χ1n) is 5.42. The molecular weight excluding hydrogens is 208 g/mol. The second-order valence-electron chi connectivity index (χ2n) is 3.94. The fraction of sp³-hybridized carbons (Fsp3) is 0.727. The van der Waals surface area contributed by atoms with Gasteiger partial charge in [0.05, 0.1) is 5.01 Å². The average molecular weight is 228 g/mol. The molecule has 2 atom stereocenters. The lowest BCUT2D eigenvalue weighted by atomic mass is 10.1. The molecule has 0 aliphatic carbocycles. The Morgan fingerprint density at radius 2 is 2.27 bits per heavy atom. The maximum atomic E-state index is 8.73. The summed E-state index contributed by atoms with van der Waals surface area (Å²) in [4.78, 5) is 5.53. The molecule has 1 rings (SSSR count). The first-order chi connectivity index (χ1) is 7.13.